The van der Waals surface area contributed by atoms with Crippen molar-refractivity contribution in [3.8, 4) is 0 Å². The number of para-hydroxylation sites is 1. The molecule has 0 atom stereocenters. The summed E-state index contributed by atoms with van der Waals surface area (Å²) in [4.78, 5) is 15.9. The third-order valence-electron chi connectivity index (χ3n) is 4.20. The van der Waals surface area contributed by atoms with Crippen LogP contribution in [0.1, 0.15) is 35.2 Å². The lowest BCUT2D eigenvalue weighted by molar-refractivity contribution is 0.0696. The number of nitrogens with zero attached hydrogens (tertiary/aromatic N) is 1. The van der Waals surface area contributed by atoms with E-state index in [-0.39, 0.29) is 0 Å². The molecule has 2 aromatic carbocycles. The van der Waals surface area contributed by atoms with Gasteiger partial charge in [0, 0.05) is 22.9 Å². The first-order chi connectivity index (χ1) is 11.1. The van der Waals surface area contributed by atoms with Gasteiger partial charge in [0.15, 0.2) is 0 Å². The first-order valence-corrected chi connectivity index (χ1v) is 8.82. The molecule has 0 amide bonds. The van der Waals surface area contributed by atoms with Crippen LogP contribution in [0.25, 0.3) is 0 Å². The van der Waals surface area contributed by atoms with E-state index in [1.807, 2.05) is 13.0 Å². The second kappa shape index (κ2) is 7.09. The molecule has 0 spiro atoms. The highest BCUT2D eigenvalue weighted by Crippen LogP contribution is 2.37. The normalized spacial score (nSPS) is 14.7. The van der Waals surface area contributed by atoms with Gasteiger partial charge < -0.3 is 10.0 Å². The van der Waals surface area contributed by atoms with Gasteiger partial charge in [0.05, 0.1) is 11.3 Å². The second-order valence-electron chi connectivity index (χ2n) is 5.90. The molecule has 4 heteroatoms. The molecule has 1 N–H and O–H groups in total. The van der Waals surface area contributed by atoms with Gasteiger partial charge >= 0.3 is 5.97 Å². The standard InChI is InChI=1S/C19H21NO2S/c1-14-13-15(19(21)22)9-10-17(14)23-18-8-4-3-7-16(18)20-11-5-2-6-12-20/h3-4,7-10,13H,2,5-6,11-12H2,1H3,(H,21,22). The van der Waals surface area contributed by atoms with Gasteiger partial charge in [-0.15, -0.1) is 0 Å². The molecule has 0 saturated carbocycles. The first-order valence-electron chi connectivity index (χ1n) is 8.01. The van der Waals surface area contributed by atoms with Crippen molar-refractivity contribution in [1.82, 2.24) is 0 Å². The third-order valence-corrected chi connectivity index (χ3v) is 5.45. The fraction of sp³-hybridized carbons (Fsp3) is 0.316. The summed E-state index contributed by atoms with van der Waals surface area (Å²) >= 11 is 1.72. The van der Waals surface area contributed by atoms with Crippen molar-refractivity contribution in [2.75, 3.05) is 18.0 Å². The maximum absolute atomic E-state index is 11.1. The Morgan fingerprint density at radius 3 is 2.48 bits per heavy atom. The Labute approximate surface area is 141 Å². The summed E-state index contributed by atoms with van der Waals surface area (Å²) in [7, 11) is 0. The maximum atomic E-state index is 11.1. The number of carboxylic acid groups (broad SMARTS) is 1. The van der Waals surface area contributed by atoms with Crippen molar-refractivity contribution in [2.24, 2.45) is 0 Å². The summed E-state index contributed by atoms with van der Waals surface area (Å²) < 4.78 is 0. The molecule has 0 unspecified atom stereocenters. The SMILES string of the molecule is Cc1cc(C(=O)O)ccc1Sc1ccccc1N1CCCCC1. The summed E-state index contributed by atoms with van der Waals surface area (Å²) in [6.07, 6.45) is 3.83. The number of hydrogen-bond acceptors (Lipinski definition) is 3. The van der Waals surface area contributed by atoms with E-state index in [4.69, 9.17) is 5.11 Å². The summed E-state index contributed by atoms with van der Waals surface area (Å²) in [6, 6.07) is 13.8. The average molecular weight is 327 g/mol. The third kappa shape index (κ3) is 3.70. The highest BCUT2D eigenvalue weighted by atomic mass is 32.2. The Hall–Kier alpha value is -1.94. The molecule has 1 saturated heterocycles. The van der Waals surface area contributed by atoms with Crippen molar-refractivity contribution in [3.63, 3.8) is 0 Å². The van der Waals surface area contributed by atoms with Crippen molar-refractivity contribution in [2.45, 2.75) is 36.0 Å². The predicted molar refractivity (Wildman–Crippen MR) is 94.8 cm³/mol. The van der Waals surface area contributed by atoms with Crippen molar-refractivity contribution < 1.29 is 9.90 Å². The van der Waals surface area contributed by atoms with Gasteiger partial charge in [0.2, 0.25) is 0 Å². The molecule has 0 aromatic heterocycles. The zero-order valence-corrected chi connectivity index (χ0v) is 14.1. The fourth-order valence-corrected chi connectivity index (χ4v) is 4.00. The van der Waals surface area contributed by atoms with Gasteiger partial charge in [0.25, 0.3) is 0 Å². The van der Waals surface area contributed by atoms with Crippen LogP contribution in [0.15, 0.2) is 52.3 Å². The summed E-state index contributed by atoms with van der Waals surface area (Å²) in [5.74, 6) is -0.877. The Morgan fingerprint density at radius 2 is 1.78 bits per heavy atom. The van der Waals surface area contributed by atoms with Gasteiger partial charge in [-0.2, -0.15) is 0 Å². The number of carbonyl (C=O) groups is 1. The molecule has 0 bridgehead atoms. The predicted octanol–water partition coefficient (Wildman–Crippen LogP) is 4.83. The van der Waals surface area contributed by atoms with E-state index in [0.717, 1.165) is 23.5 Å². The van der Waals surface area contributed by atoms with Crippen LogP contribution in [0, 0.1) is 6.92 Å². The molecule has 120 valence electrons. The Bertz CT molecular complexity index is 708. The van der Waals surface area contributed by atoms with E-state index >= 15 is 0 Å². The number of benzene rings is 2. The van der Waals surface area contributed by atoms with Crippen LogP contribution < -0.4 is 4.90 Å². The van der Waals surface area contributed by atoms with Crippen molar-refractivity contribution >= 4 is 23.4 Å². The monoisotopic (exact) mass is 327 g/mol. The largest absolute Gasteiger partial charge is 0.478 e. The molecule has 3 rings (SSSR count). The molecule has 23 heavy (non-hydrogen) atoms. The van der Waals surface area contributed by atoms with Crippen molar-refractivity contribution in [1.29, 1.82) is 0 Å². The number of anilines is 1. The number of aryl methyl sites for hydroxylation is 1. The first kappa shape index (κ1) is 15.9. The summed E-state index contributed by atoms with van der Waals surface area (Å²) in [5, 5.41) is 9.09. The summed E-state index contributed by atoms with van der Waals surface area (Å²) in [6.45, 7) is 4.21. The average Bonchev–Trinajstić information content (AvgIpc) is 2.58. The van der Waals surface area contributed by atoms with Gasteiger partial charge in [-0.25, -0.2) is 4.79 Å². The maximum Gasteiger partial charge on any atom is 0.335 e. The smallest absolute Gasteiger partial charge is 0.335 e. The molecule has 2 aromatic rings. The number of piperidine rings is 1. The lowest BCUT2D eigenvalue weighted by Crippen LogP contribution is -2.29. The van der Waals surface area contributed by atoms with Gasteiger partial charge in [-0.05, 0) is 62.1 Å². The number of hydrogen-bond donors (Lipinski definition) is 1. The van der Waals surface area contributed by atoms with Gasteiger partial charge in [-0.1, -0.05) is 23.9 Å². The topological polar surface area (TPSA) is 40.5 Å². The highest BCUT2D eigenvalue weighted by Gasteiger charge is 2.15. The minimum Gasteiger partial charge on any atom is -0.478 e. The van der Waals surface area contributed by atoms with Crippen LogP contribution in [0.5, 0.6) is 0 Å². The Kier molecular flexibility index (Phi) is 4.91. The number of carboxylic acids is 1. The number of rotatable bonds is 4. The zero-order chi connectivity index (χ0) is 16.2. The highest BCUT2D eigenvalue weighted by molar-refractivity contribution is 7.99. The van der Waals surface area contributed by atoms with Crippen LogP contribution in [0.2, 0.25) is 0 Å². The van der Waals surface area contributed by atoms with Crippen LogP contribution in [-0.4, -0.2) is 24.2 Å². The second-order valence-corrected chi connectivity index (χ2v) is 6.99. The fourth-order valence-electron chi connectivity index (χ4n) is 2.95. The molecule has 1 aliphatic rings. The molecule has 1 heterocycles. The van der Waals surface area contributed by atoms with Crippen LogP contribution >= 0.6 is 11.8 Å². The van der Waals surface area contributed by atoms with E-state index in [9.17, 15) is 4.79 Å². The van der Waals surface area contributed by atoms with Crippen LogP contribution in [0.4, 0.5) is 5.69 Å². The molecular weight excluding hydrogens is 306 g/mol. The molecular formula is C19H21NO2S. The van der Waals surface area contributed by atoms with Crippen molar-refractivity contribution in [3.05, 3.63) is 53.6 Å². The molecule has 3 nitrogen and oxygen atoms in total. The lowest BCUT2D eigenvalue weighted by atomic mass is 10.1. The van der Waals surface area contributed by atoms with E-state index < -0.39 is 5.97 Å². The molecule has 0 radical (unpaired) electrons. The molecule has 0 aliphatic carbocycles. The minimum atomic E-state index is -0.877. The van der Waals surface area contributed by atoms with Crippen LogP contribution in [-0.2, 0) is 0 Å². The van der Waals surface area contributed by atoms with Gasteiger partial charge in [0.1, 0.15) is 0 Å². The minimum absolute atomic E-state index is 0.344. The lowest BCUT2D eigenvalue weighted by Gasteiger charge is -2.30. The molecule has 1 aliphatic heterocycles. The van der Waals surface area contributed by atoms with Crippen LogP contribution in [0.3, 0.4) is 0 Å². The number of aromatic carboxylic acids is 1. The van der Waals surface area contributed by atoms with E-state index in [0.29, 0.717) is 5.56 Å². The summed E-state index contributed by atoms with van der Waals surface area (Å²) in [5.41, 5.74) is 2.64. The van der Waals surface area contributed by atoms with E-state index in [2.05, 4.69) is 29.2 Å². The zero-order valence-electron chi connectivity index (χ0n) is 13.3. The Balaban J connectivity index is 1.87. The van der Waals surface area contributed by atoms with Gasteiger partial charge in [-0.3, -0.25) is 0 Å². The Morgan fingerprint density at radius 1 is 1.04 bits per heavy atom. The quantitative estimate of drug-likeness (QED) is 0.873. The van der Waals surface area contributed by atoms with E-state index in [1.54, 1.807) is 23.9 Å². The van der Waals surface area contributed by atoms with E-state index in [1.165, 1.54) is 29.8 Å². The molecule has 1 fully saturated rings.